The second-order valence-electron chi connectivity index (χ2n) is 5.36. The first-order chi connectivity index (χ1) is 9.69. The van der Waals surface area contributed by atoms with Crippen molar-refractivity contribution in [2.45, 2.75) is 51.0 Å². The van der Waals surface area contributed by atoms with E-state index in [0.29, 0.717) is 11.7 Å². The largest absolute Gasteiger partial charge is 0.382 e. The molecule has 1 saturated carbocycles. The maximum Gasteiger partial charge on any atom is 0.273 e. The molecule has 4 N–H and O–H groups in total. The van der Waals surface area contributed by atoms with E-state index >= 15 is 0 Å². The van der Waals surface area contributed by atoms with E-state index < -0.39 is 4.92 Å². The molecule has 0 atom stereocenters. The molecule has 0 unspecified atom stereocenters. The quantitative estimate of drug-likeness (QED) is 0.446. The Labute approximate surface area is 118 Å². The number of hydrogen-bond donors (Lipinski definition) is 3. The van der Waals surface area contributed by atoms with Crippen LogP contribution in [0.2, 0.25) is 0 Å². The molecule has 0 radical (unpaired) electrons. The first-order valence-electron chi connectivity index (χ1n) is 7.21. The van der Waals surface area contributed by atoms with Crippen LogP contribution in [0.4, 0.5) is 17.1 Å². The predicted octanol–water partition coefficient (Wildman–Crippen LogP) is 3.41. The summed E-state index contributed by atoms with van der Waals surface area (Å²) in [5.41, 5.74) is 3.84. The van der Waals surface area contributed by atoms with Gasteiger partial charge in [0.05, 0.1) is 10.6 Å². The summed E-state index contributed by atoms with van der Waals surface area (Å²) in [6.45, 7) is 0. The van der Waals surface area contributed by atoms with Crippen LogP contribution in [0.25, 0.3) is 0 Å². The number of nitrogen functional groups attached to an aromatic ring is 1. The smallest absolute Gasteiger partial charge is 0.273 e. The average molecular weight is 278 g/mol. The number of rotatable bonds is 4. The lowest BCUT2D eigenvalue weighted by Gasteiger charge is -2.22. The fraction of sp³-hybridized carbons (Fsp3) is 0.571. The van der Waals surface area contributed by atoms with E-state index in [9.17, 15) is 10.1 Å². The number of nitrogens with zero attached hydrogens (tertiary/aromatic N) is 1. The van der Waals surface area contributed by atoms with Crippen molar-refractivity contribution >= 4 is 17.1 Å². The molecular weight excluding hydrogens is 256 g/mol. The minimum Gasteiger partial charge on any atom is -0.382 e. The molecule has 110 valence electrons. The Morgan fingerprint density at radius 1 is 1.05 bits per heavy atom. The third kappa shape index (κ3) is 4.09. The van der Waals surface area contributed by atoms with Gasteiger partial charge < -0.3 is 10.7 Å². The highest BCUT2D eigenvalue weighted by molar-refractivity contribution is 5.63. The zero-order valence-corrected chi connectivity index (χ0v) is 11.6. The number of benzene rings is 1. The molecular formula is C14H22N4O2. The highest BCUT2D eigenvalue weighted by Gasteiger charge is 2.14. The van der Waals surface area contributed by atoms with Crippen molar-refractivity contribution in [3.8, 4) is 0 Å². The number of nitrogens with two attached hydrogens (primary N) is 1. The Bertz CT molecular complexity index is 456. The highest BCUT2D eigenvalue weighted by atomic mass is 16.6. The number of anilines is 2. The molecule has 1 aliphatic carbocycles. The lowest BCUT2D eigenvalue weighted by atomic mass is 9.96. The summed E-state index contributed by atoms with van der Waals surface area (Å²) in [4.78, 5) is 10.5. The van der Waals surface area contributed by atoms with Gasteiger partial charge in [0.25, 0.3) is 5.69 Å². The molecule has 2 rings (SSSR count). The van der Waals surface area contributed by atoms with Crippen LogP contribution >= 0.6 is 0 Å². The zero-order valence-electron chi connectivity index (χ0n) is 11.6. The summed E-state index contributed by atoms with van der Waals surface area (Å²) >= 11 is 0. The standard InChI is InChI=1S/C14H22N4O2/c15-17-13-8-12(9-14(10-13)18(19)20)16-11-6-4-2-1-3-5-7-11/h8-11,16-17H,1-7,15H2. The van der Waals surface area contributed by atoms with Gasteiger partial charge in [-0.05, 0) is 18.9 Å². The van der Waals surface area contributed by atoms with Gasteiger partial charge in [0.15, 0.2) is 0 Å². The molecule has 1 aromatic rings. The predicted molar refractivity (Wildman–Crippen MR) is 80.6 cm³/mol. The topological polar surface area (TPSA) is 93.2 Å². The molecule has 6 heteroatoms. The van der Waals surface area contributed by atoms with E-state index in [-0.39, 0.29) is 5.69 Å². The van der Waals surface area contributed by atoms with Crippen molar-refractivity contribution in [3.05, 3.63) is 28.3 Å². The van der Waals surface area contributed by atoms with Crippen LogP contribution in [-0.4, -0.2) is 11.0 Å². The molecule has 6 nitrogen and oxygen atoms in total. The van der Waals surface area contributed by atoms with Crippen LogP contribution in [0, 0.1) is 10.1 Å². The minimum absolute atomic E-state index is 0.0498. The van der Waals surface area contributed by atoms with Crippen LogP contribution in [-0.2, 0) is 0 Å². The zero-order chi connectivity index (χ0) is 14.4. The summed E-state index contributed by atoms with van der Waals surface area (Å²) < 4.78 is 0. The average Bonchev–Trinajstić information content (AvgIpc) is 2.41. The number of nitro groups is 1. The Morgan fingerprint density at radius 2 is 1.65 bits per heavy atom. The maximum atomic E-state index is 10.9. The Morgan fingerprint density at radius 3 is 2.25 bits per heavy atom. The van der Waals surface area contributed by atoms with E-state index in [1.54, 1.807) is 6.07 Å². The van der Waals surface area contributed by atoms with Gasteiger partial charge in [-0.15, -0.1) is 0 Å². The molecule has 0 bridgehead atoms. The molecule has 20 heavy (non-hydrogen) atoms. The van der Waals surface area contributed by atoms with Crippen molar-refractivity contribution in [3.63, 3.8) is 0 Å². The van der Waals surface area contributed by atoms with Crippen LogP contribution < -0.4 is 16.6 Å². The van der Waals surface area contributed by atoms with Gasteiger partial charge in [-0.2, -0.15) is 0 Å². The molecule has 1 aromatic carbocycles. The van der Waals surface area contributed by atoms with Crippen molar-refractivity contribution in [1.29, 1.82) is 0 Å². The molecule has 0 aliphatic heterocycles. The van der Waals surface area contributed by atoms with Crippen molar-refractivity contribution in [2.75, 3.05) is 10.7 Å². The van der Waals surface area contributed by atoms with Crippen LogP contribution in [0.5, 0.6) is 0 Å². The fourth-order valence-corrected chi connectivity index (χ4v) is 2.72. The van der Waals surface area contributed by atoms with Gasteiger partial charge >= 0.3 is 0 Å². The summed E-state index contributed by atoms with van der Waals surface area (Å²) in [7, 11) is 0. The first kappa shape index (κ1) is 14.6. The lowest BCUT2D eigenvalue weighted by molar-refractivity contribution is -0.384. The summed E-state index contributed by atoms with van der Waals surface area (Å²) in [5.74, 6) is 5.37. The van der Waals surface area contributed by atoms with Gasteiger partial charge in [0, 0.05) is 23.9 Å². The minimum atomic E-state index is -0.399. The number of non-ortho nitro benzene ring substituents is 1. The highest BCUT2D eigenvalue weighted by Crippen LogP contribution is 2.26. The third-order valence-corrected chi connectivity index (χ3v) is 3.77. The Hall–Kier alpha value is -1.82. The van der Waals surface area contributed by atoms with Gasteiger partial charge in [0.1, 0.15) is 0 Å². The molecule has 1 aliphatic rings. The number of nitrogens with one attached hydrogen (secondary N) is 2. The van der Waals surface area contributed by atoms with E-state index in [1.165, 1.54) is 38.2 Å². The SMILES string of the molecule is NNc1cc(NC2CCCCCCC2)cc([N+](=O)[O-])c1. The summed E-state index contributed by atoms with van der Waals surface area (Å²) in [6, 6.07) is 5.21. The second-order valence-corrected chi connectivity index (χ2v) is 5.36. The van der Waals surface area contributed by atoms with Crippen molar-refractivity contribution < 1.29 is 4.92 Å². The van der Waals surface area contributed by atoms with Crippen molar-refractivity contribution in [2.24, 2.45) is 5.84 Å². The normalized spacial score (nSPS) is 17.1. The molecule has 0 amide bonds. The maximum absolute atomic E-state index is 10.9. The Balaban J connectivity index is 2.10. The monoisotopic (exact) mass is 278 g/mol. The van der Waals surface area contributed by atoms with Crippen LogP contribution in [0.15, 0.2) is 18.2 Å². The molecule has 0 spiro atoms. The number of hydrazine groups is 1. The van der Waals surface area contributed by atoms with Gasteiger partial charge in [-0.25, -0.2) is 0 Å². The van der Waals surface area contributed by atoms with Gasteiger partial charge in [-0.3, -0.25) is 16.0 Å². The van der Waals surface area contributed by atoms with Gasteiger partial charge in [0.2, 0.25) is 0 Å². The van der Waals surface area contributed by atoms with E-state index in [0.717, 1.165) is 18.5 Å². The Kier molecular flexibility index (Phi) is 5.17. The van der Waals surface area contributed by atoms with Crippen molar-refractivity contribution in [1.82, 2.24) is 0 Å². The van der Waals surface area contributed by atoms with Crippen LogP contribution in [0.3, 0.4) is 0 Å². The van der Waals surface area contributed by atoms with E-state index in [2.05, 4.69) is 10.7 Å². The van der Waals surface area contributed by atoms with Crippen LogP contribution in [0.1, 0.15) is 44.9 Å². The third-order valence-electron chi connectivity index (χ3n) is 3.77. The van der Waals surface area contributed by atoms with Gasteiger partial charge in [-0.1, -0.05) is 32.1 Å². The lowest BCUT2D eigenvalue weighted by Crippen LogP contribution is -2.20. The molecule has 0 heterocycles. The first-order valence-corrected chi connectivity index (χ1v) is 7.21. The molecule has 0 aromatic heterocycles. The number of nitro benzene ring substituents is 1. The van der Waals surface area contributed by atoms with E-state index in [1.807, 2.05) is 6.07 Å². The number of hydrogen-bond acceptors (Lipinski definition) is 5. The summed E-state index contributed by atoms with van der Waals surface area (Å²) in [6.07, 6.45) is 8.56. The molecule has 1 fully saturated rings. The molecule has 0 saturated heterocycles. The fourth-order valence-electron chi connectivity index (χ4n) is 2.72. The second kappa shape index (κ2) is 7.09. The van der Waals surface area contributed by atoms with E-state index in [4.69, 9.17) is 5.84 Å². The summed E-state index contributed by atoms with van der Waals surface area (Å²) in [5, 5.41) is 14.3.